The first-order chi connectivity index (χ1) is 7.27. The molecule has 0 aromatic heterocycles. The predicted molar refractivity (Wildman–Crippen MR) is 79.8 cm³/mol. The van der Waals surface area contributed by atoms with Gasteiger partial charge in [0.25, 0.3) is 0 Å². The molecular weight excluding hydrogens is 295 g/mol. The molecule has 15 heavy (non-hydrogen) atoms. The zero-order valence-electron chi connectivity index (χ0n) is 10.3. The molecule has 0 aliphatic heterocycles. The van der Waals surface area contributed by atoms with Crippen LogP contribution in [0.5, 0.6) is 0 Å². The third-order valence-corrected chi connectivity index (χ3v) is 3.38. The second kappa shape index (κ2) is 12.5. The normalized spacial score (nSPS) is 12.7. The molecule has 1 heteroatoms. The van der Waals surface area contributed by atoms with Crippen molar-refractivity contribution >= 4 is 22.6 Å². The summed E-state index contributed by atoms with van der Waals surface area (Å²) in [6.07, 6.45) is 16.0. The Bertz CT molecular complexity index is 129. The van der Waals surface area contributed by atoms with Crippen LogP contribution in [0.25, 0.3) is 0 Å². The van der Waals surface area contributed by atoms with Crippen LogP contribution in [0, 0.1) is 0 Å². The molecule has 0 spiro atoms. The first kappa shape index (κ1) is 15.5. The van der Waals surface area contributed by atoms with Gasteiger partial charge >= 0.3 is 0 Å². The molecule has 1 unspecified atom stereocenters. The van der Waals surface area contributed by atoms with E-state index >= 15 is 0 Å². The van der Waals surface area contributed by atoms with Gasteiger partial charge in [0.2, 0.25) is 0 Å². The molecule has 0 amide bonds. The Kier molecular flexibility index (Phi) is 12.9. The lowest BCUT2D eigenvalue weighted by atomic mass is 10.1. The summed E-state index contributed by atoms with van der Waals surface area (Å²) < 4.78 is 0.863. The Balaban J connectivity index is 2.89. The van der Waals surface area contributed by atoms with Crippen LogP contribution >= 0.6 is 22.6 Å². The average Bonchev–Trinajstić information content (AvgIpc) is 2.20. The molecule has 0 N–H and O–H groups in total. The summed E-state index contributed by atoms with van der Waals surface area (Å²) in [6.45, 7) is 6.05. The van der Waals surface area contributed by atoms with Crippen LogP contribution in [0.15, 0.2) is 12.7 Å². The van der Waals surface area contributed by atoms with Crippen LogP contribution in [-0.4, -0.2) is 3.92 Å². The minimum Gasteiger partial charge on any atom is -0.103 e. The molecule has 0 saturated carbocycles. The van der Waals surface area contributed by atoms with E-state index in [2.05, 4.69) is 36.1 Å². The van der Waals surface area contributed by atoms with E-state index in [4.69, 9.17) is 0 Å². The summed E-state index contributed by atoms with van der Waals surface area (Å²) in [4.78, 5) is 0. The van der Waals surface area contributed by atoms with Gasteiger partial charge in [0.1, 0.15) is 0 Å². The molecule has 0 aliphatic carbocycles. The van der Waals surface area contributed by atoms with Gasteiger partial charge in [-0.15, -0.1) is 6.58 Å². The van der Waals surface area contributed by atoms with Gasteiger partial charge in [0.15, 0.2) is 0 Å². The van der Waals surface area contributed by atoms with Crippen molar-refractivity contribution in [2.75, 3.05) is 0 Å². The zero-order chi connectivity index (χ0) is 11.4. The van der Waals surface area contributed by atoms with Gasteiger partial charge in [0.05, 0.1) is 0 Å². The topological polar surface area (TPSA) is 0 Å². The maximum atomic E-state index is 3.74. The molecule has 0 heterocycles. The number of rotatable bonds is 11. The van der Waals surface area contributed by atoms with Gasteiger partial charge in [-0.3, -0.25) is 0 Å². The maximum absolute atomic E-state index is 3.74. The summed E-state index contributed by atoms with van der Waals surface area (Å²) in [5, 5.41) is 0. The van der Waals surface area contributed by atoms with Crippen LogP contribution in [0.3, 0.4) is 0 Å². The molecule has 0 saturated heterocycles. The minimum absolute atomic E-state index is 0.863. The lowest BCUT2D eigenvalue weighted by Gasteiger charge is -2.03. The zero-order valence-corrected chi connectivity index (χ0v) is 12.5. The van der Waals surface area contributed by atoms with Crippen molar-refractivity contribution in [3.05, 3.63) is 12.7 Å². The standard InChI is InChI=1S/C14H27I/c1-3-4-5-6-7-8-9-10-11-12-13-14(2)15/h3,14H,1,4-13H2,2H3. The number of halogens is 1. The quantitative estimate of drug-likeness (QED) is 0.192. The van der Waals surface area contributed by atoms with Gasteiger partial charge in [-0.25, -0.2) is 0 Å². The first-order valence-electron chi connectivity index (χ1n) is 6.52. The monoisotopic (exact) mass is 322 g/mol. The largest absolute Gasteiger partial charge is 0.103 e. The molecule has 1 atom stereocenters. The Hall–Kier alpha value is 0.470. The highest BCUT2D eigenvalue weighted by molar-refractivity contribution is 14.1. The Morgan fingerprint density at radius 3 is 1.87 bits per heavy atom. The maximum Gasteiger partial charge on any atom is 0.00813 e. The summed E-state index contributed by atoms with van der Waals surface area (Å²) in [5.41, 5.74) is 0. The van der Waals surface area contributed by atoms with E-state index in [0.29, 0.717) is 0 Å². The third-order valence-electron chi connectivity index (χ3n) is 2.76. The summed E-state index contributed by atoms with van der Waals surface area (Å²) >= 11 is 2.52. The lowest BCUT2D eigenvalue weighted by Crippen LogP contribution is -1.89. The lowest BCUT2D eigenvalue weighted by molar-refractivity contribution is 0.561. The van der Waals surface area contributed by atoms with E-state index in [0.717, 1.165) is 3.92 Å². The van der Waals surface area contributed by atoms with Gasteiger partial charge in [-0.1, -0.05) is 80.5 Å². The Morgan fingerprint density at radius 1 is 0.933 bits per heavy atom. The van der Waals surface area contributed by atoms with Crippen molar-refractivity contribution in [1.29, 1.82) is 0 Å². The van der Waals surface area contributed by atoms with E-state index in [1.165, 1.54) is 64.2 Å². The molecular formula is C14H27I. The number of unbranched alkanes of at least 4 members (excludes halogenated alkanes) is 8. The van der Waals surface area contributed by atoms with Crippen LogP contribution in [0.2, 0.25) is 0 Å². The van der Waals surface area contributed by atoms with Crippen LogP contribution < -0.4 is 0 Å². The molecule has 0 aromatic carbocycles. The smallest absolute Gasteiger partial charge is 0.00813 e. The van der Waals surface area contributed by atoms with Crippen molar-refractivity contribution in [2.24, 2.45) is 0 Å². The highest BCUT2D eigenvalue weighted by Crippen LogP contribution is 2.13. The van der Waals surface area contributed by atoms with Gasteiger partial charge in [-0.05, 0) is 19.3 Å². The van der Waals surface area contributed by atoms with Crippen LogP contribution in [0.4, 0.5) is 0 Å². The second-order valence-corrected chi connectivity index (χ2v) is 6.60. The molecule has 0 rings (SSSR count). The van der Waals surface area contributed by atoms with E-state index < -0.39 is 0 Å². The van der Waals surface area contributed by atoms with E-state index in [-0.39, 0.29) is 0 Å². The summed E-state index contributed by atoms with van der Waals surface area (Å²) in [5.74, 6) is 0. The highest BCUT2D eigenvalue weighted by Gasteiger charge is 1.95. The van der Waals surface area contributed by atoms with Crippen molar-refractivity contribution in [2.45, 2.75) is 75.1 Å². The van der Waals surface area contributed by atoms with Crippen molar-refractivity contribution < 1.29 is 0 Å². The van der Waals surface area contributed by atoms with E-state index in [9.17, 15) is 0 Å². The number of hydrogen-bond donors (Lipinski definition) is 0. The van der Waals surface area contributed by atoms with Gasteiger partial charge in [0, 0.05) is 3.92 Å². The molecule has 90 valence electrons. The van der Waals surface area contributed by atoms with Crippen molar-refractivity contribution in [3.8, 4) is 0 Å². The predicted octanol–water partition coefficient (Wildman–Crippen LogP) is 5.90. The van der Waals surface area contributed by atoms with Gasteiger partial charge in [-0.2, -0.15) is 0 Å². The SMILES string of the molecule is C=CCCCCCCCCCCC(C)I. The first-order valence-corrected chi connectivity index (χ1v) is 7.77. The van der Waals surface area contributed by atoms with Crippen molar-refractivity contribution in [1.82, 2.24) is 0 Å². The molecule has 0 aromatic rings. The Morgan fingerprint density at radius 2 is 1.40 bits per heavy atom. The fourth-order valence-corrected chi connectivity index (χ4v) is 2.22. The second-order valence-electron chi connectivity index (χ2n) is 4.48. The van der Waals surface area contributed by atoms with E-state index in [1.807, 2.05) is 6.08 Å². The molecule has 0 fully saturated rings. The van der Waals surface area contributed by atoms with E-state index in [1.54, 1.807) is 0 Å². The molecule has 0 bridgehead atoms. The van der Waals surface area contributed by atoms with Gasteiger partial charge < -0.3 is 0 Å². The third kappa shape index (κ3) is 14.5. The average molecular weight is 322 g/mol. The van der Waals surface area contributed by atoms with Crippen LogP contribution in [0.1, 0.15) is 71.1 Å². The number of allylic oxidation sites excluding steroid dienone is 1. The molecule has 0 aliphatic rings. The summed E-state index contributed by atoms with van der Waals surface area (Å²) in [6, 6.07) is 0. The Labute approximate surface area is 110 Å². The molecule has 0 nitrogen and oxygen atoms in total. The van der Waals surface area contributed by atoms with Crippen LogP contribution in [-0.2, 0) is 0 Å². The number of hydrogen-bond acceptors (Lipinski definition) is 0. The fraction of sp³-hybridized carbons (Fsp3) is 0.857. The minimum atomic E-state index is 0.863. The fourth-order valence-electron chi connectivity index (χ4n) is 1.77. The number of alkyl halides is 1. The highest BCUT2D eigenvalue weighted by atomic mass is 127. The van der Waals surface area contributed by atoms with Crippen molar-refractivity contribution in [3.63, 3.8) is 0 Å². The molecule has 0 radical (unpaired) electrons. The summed E-state index contributed by atoms with van der Waals surface area (Å²) in [7, 11) is 0.